The Labute approximate surface area is 134 Å². The van der Waals surface area contributed by atoms with Gasteiger partial charge in [-0.2, -0.15) is 0 Å². The summed E-state index contributed by atoms with van der Waals surface area (Å²) in [6, 6.07) is 9.87. The zero-order chi connectivity index (χ0) is 16.0. The van der Waals surface area contributed by atoms with E-state index in [0.29, 0.717) is 5.82 Å². The molecule has 0 bridgehead atoms. The highest BCUT2D eigenvalue weighted by molar-refractivity contribution is 5.93. The van der Waals surface area contributed by atoms with Crippen LogP contribution in [0.25, 0.3) is 16.8 Å². The fraction of sp³-hybridized carbons (Fsp3) is 0.222. The molecule has 4 rings (SSSR count). The van der Waals surface area contributed by atoms with Gasteiger partial charge >= 0.3 is 0 Å². The minimum Gasteiger partial charge on any atom is -0.399 e. The van der Waals surface area contributed by atoms with Gasteiger partial charge in [0, 0.05) is 17.8 Å². The summed E-state index contributed by atoms with van der Waals surface area (Å²) in [5.74, 6) is 0.842. The molecule has 5 heteroatoms. The lowest BCUT2D eigenvalue weighted by Gasteiger charge is -2.07. The Morgan fingerprint density at radius 1 is 1.26 bits per heavy atom. The van der Waals surface area contributed by atoms with Gasteiger partial charge in [-0.15, -0.1) is 0 Å². The molecule has 2 heterocycles. The topological polar surface area (TPSA) is 72.4 Å². The molecule has 2 aromatic heterocycles. The van der Waals surface area contributed by atoms with E-state index in [1.165, 1.54) is 5.56 Å². The summed E-state index contributed by atoms with van der Waals surface area (Å²) in [6.07, 6.45) is 5.83. The molecule has 0 spiro atoms. The van der Waals surface area contributed by atoms with Crippen molar-refractivity contribution in [2.24, 2.45) is 5.92 Å². The molecule has 0 aliphatic heterocycles. The maximum absolute atomic E-state index is 11.8. The second-order valence-electron chi connectivity index (χ2n) is 6.15. The van der Waals surface area contributed by atoms with Crippen LogP contribution in [0.3, 0.4) is 0 Å². The first kappa shape index (κ1) is 13.8. The van der Waals surface area contributed by atoms with Crippen LogP contribution in [0.5, 0.6) is 0 Å². The van der Waals surface area contributed by atoms with Crippen LogP contribution >= 0.6 is 0 Å². The Bertz CT molecular complexity index is 909. The fourth-order valence-electron chi connectivity index (χ4n) is 2.74. The van der Waals surface area contributed by atoms with Gasteiger partial charge in [0.2, 0.25) is 5.91 Å². The Balaban J connectivity index is 1.69. The van der Waals surface area contributed by atoms with Crippen LogP contribution in [0.1, 0.15) is 18.4 Å². The van der Waals surface area contributed by atoms with Crippen LogP contribution in [0.4, 0.5) is 11.5 Å². The van der Waals surface area contributed by atoms with E-state index >= 15 is 0 Å². The summed E-state index contributed by atoms with van der Waals surface area (Å²) >= 11 is 0. The molecule has 3 N–H and O–H groups in total. The number of rotatable bonds is 3. The van der Waals surface area contributed by atoms with Crippen molar-refractivity contribution >= 4 is 23.1 Å². The predicted molar refractivity (Wildman–Crippen MR) is 91.1 cm³/mol. The quantitative estimate of drug-likeness (QED) is 0.730. The summed E-state index contributed by atoms with van der Waals surface area (Å²) < 4.78 is 1.93. The zero-order valence-corrected chi connectivity index (χ0v) is 12.9. The summed E-state index contributed by atoms with van der Waals surface area (Å²) in [4.78, 5) is 16.3. The van der Waals surface area contributed by atoms with Gasteiger partial charge in [-0.3, -0.25) is 4.79 Å². The maximum Gasteiger partial charge on any atom is 0.228 e. The number of nitrogens with zero attached hydrogens (tertiary/aromatic N) is 2. The minimum atomic E-state index is 0.0697. The van der Waals surface area contributed by atoms with Crippen LogP contribution in [0, 0.1) is 12.8 Å². The van der Waals surface area contributed by atoms with E-state index in [4.69, 9.17) is 5.73 Å². The van der Waals surface area contributed by atoms with Crippen molar-refractivity contribution in [2.45, 2.75) is 19.8 Å². The number of fused-ring (bicyclic) bond motifs is 1. The lowest BCUT2D eigenvalue weighted by molar-refractivity contribution is -0.117. The van der Waals surface area contributed by atoms with Crippen molar-refractivity contribution in [3.8, 4) is 11.1 Å². The largest absolute Gasteiger partial charge is 0.399 e. The lowest BCUT2D eigenvalue weighted by atomic mass is 10.0. The van der Waals surface area contributed by atoms with E-state index in [-0.39, 0.29) is 11.8 Å². The number of anilines is 2. The average molecular weight is 306 g/mol. The van der Waals surface area contributed by atoms with Crippen molar-refractivity contribution in [1.29, 1.82) is 0 Å². The van der Waals surface area contributed by atoms with E-state index in [1.54, 1.807) is 0 Å². The van der Waals surface area contributed by atoms with Crippen molar-refractivity contribution in [1.82, 2.24) is 9.38 Å². The number of amides is 1. The molecule has 1 amide bonds. The third kappa shape index (κ3) is 2.65. The summed E-state index contributed by atoms with van der Waals surface area (Å²) in [5.41, 5.74) is 10.8. The smallest absolute Gasteiger partial charge is 0.228 e. The number of carbonyl (C=O) groups is 1. The molecular weight excluding hydrogens is 288 g/mol. The molecule has 5 nitrogen and oxygen atoms in total. The number of pyridine rings is 1. The molecular formula is C18H18N4O. The van der Waals surface area contributed by atoms with Gasteiger partial charge in [-0.25, -0.2) is 4.98 Å². The summed E-state index contributed by atoms with van der Waals surface area (Å²) in [7, 11) is 0. The standard InChI is InChI=1S/C18H18N4O/c1-11-2-6-14(19)8-15(11)13-5-7-17-20-16(10-22(17)9-13)21-18(23)12-3-4-12/h2,5-10,12H,3-4,19H2,1H3,(H,21,23). The number of hydrogen-bond acceptors (Lipinski definition) is 3. The van der Waals surface area contributed by atoms with E-state index in [1.807, 2.05) is 47.1 Å². The highest BCUT2D eigenvalue weighted by Gasteiger charge is 2.29. The van der Waals surface area contributed by atoms with Crippen LogP contribution in [0.2, 0.25) is 0 Å². The number of carbonyl (C=O) groups excluding carboxylic acids is 1. The average Bonchev–Trinajstić information content (AvgIpc) is 3.30. The zero-order valence-electron chi connectivity index (χ0n) is 12.9. The van der Waals surface area contributed by atoms with Gasteiger partial charge < -0.3 is 15.5 Å². The Morgan fingerprint density at radius 3 is 2.87 bits per heavy atom. The molecule has 3 aromatic rings. The summed E-state index contributed by atoms with van der Waals surface area (Å²) in [5, 5.41) is 2.88. The number of nitrogens with two attached hydrogens (primary N) is 1. The Kier molecular flexibility index (Phi) is 3.08. The Hall–Kier alpha value is -2.82. The SMILES string of the molecule is Cc1ccc(N)cc1-c1ccc2nc(NC(=O)C3CC3)cn2c1. The van der Waals surface area contributed by atoms with Crippen molar-refractivity contribution in [3.63, 3.8) is 0 Å². The molecule has 0 radical (unpaired) electrons. The third-order valence-electron chi connectivity index (χ3n) is 4.22. The van der Waals surface area contributed by atoms with Gasteiger partial charge in [0.1, 0.15) is 5.65 Å². The van der Waals surface area contributed by atoms with Crippen molar-refractivity contribution in [2.75, 3.05) is 11.1 Å². The van der Waals surface area contributed by atoms with Gasteiger partial charge in [-0.05, 0) is 60.7 Å². The van der Waals surface area contributed by atoms with Crippen LogP contribution < -0.4 is 11.1 Å². The van der Waals surface area contributed by atoms with Crippen LogP contribution in [-0.4, -0.2) is 15.3 Å². The number of nitrogens with one attached hydrogen (secondary N) is 1. The molecule has 1 fully saturated rings. The Morgan fingerprint density at radius 2 is 2.09 bits per heavy atom. The second kappa shape index (κ2) is 5.12. The number of aromatic nitrogens is 2. The van der Waals surface area contributed by atoms with E-state index in [0.717, 1.165) is 35.3 Å². The first-order valence-electron chi connectivity index (χ1n) is 7.76. The minimum absolute atomic E-state index is 0.0697. The number of hydrogen-bond donors (Lipinski definition) is 2. The van der Waals surface area contributed by atoms with E-state index < -0.39 is 0 Å². The molecule has 0 unspecified atom stereocenters. The highest BCUT2D eigenvalue weighted by Crippen LogP contribution is 2.30. The van der Waals surface area contributed by atoms with Crippen LogP contribution in [0.15, 0.2) is 42.7 Å². The first-order valence-corrected chi connectivity index (χ1v) is 7.76. The molecule has 1 aromatic carbocycles. The van der Waals surface area contributed by atoms with Gasteiger partial charge in [0.05, 0.1) is 6.20 Å². The number of imidazole rings is 1. The number of nitrogen functional groups attached to an aromatic ring is 1. The molecule has 0 atom stereocenters. The van der Waals surface area contributed by atoms with Gasteiger partial charge in [-0.1, -0.05) is 6.07 Å². The molecule has 1 aliphatic carbocycles. The van der Waals surface area contributed by atoms with E-state index in [9.17, 15) is 4.79 Å². The fourth-order valence-corrected chi connectivity index (χ4v) is 2.74. The van der Waals surface area contributed by atoms with E-state index in [2.05, 4.69) is 17.2 Å². The molecule has 1 saturated carbocycles. The first-order chi connectivity index (χ1) is 11.1. The molecule has 0 saturated heterocycles. The number of benzene rings is 1. The number of aryl methyl sites for hydroxylation is 1. The van der Waals surface area contributed by atoms with Crippen molar-refractivity contribution in [3.05, 3.63) is 48.3 Å². The predicted octanol–water partition coefficient (Wildman–Crippen LogP) is 3.24. The monoisotopic (exact) mass is 306 g/mol. The van der Waals surface area contributed by atoms with Gasteiger partial charge in [0.25, 0.3) is 0 Å². The van der Waals surface area contributed by atoms with Gasteiger partial charge in [0.15, 0.2) is 5.82 Å². The van der Waals surface area contributed by atoms with Crippen molar-refractivity contribution < 1.29 is 4.79 Å². The molecule has 23 heavy (non-hydrogen) atoms. The lowest BCUT2D eigenvalue weighted by Crippen LogP contribution is -2.13. The molecule has 1 aliphatic rings. The molecule has 116 valence electrons. The maximum atomic E-state index is 11.8. The third-order valence-corrected chi connectivity index (χ3v) is 4.22. The van der Waals surface area contributed by atoms with Crippen LogP contribution in [-0.2, 0) is 4.79 Å². The highest BCUT2D eigenvalue weighted by atomic mass is 16.2. The summed E-state index contributed by atoms with van der Waals surface area (Å²) in [6.45, 7) is 2.06. The second-order valence-corrected chi connectivity index (χ2v) is 6.15. The normalized spacial score (nSPS) is 14.1.